The maximum absolute atomic E-state index is 13.2. The van der Waals surface area contributed by atoms with Gasteiger partial charge in [-0.15, -0.1) is 0 Å². The summed E-state index contributed by atoms with van der Waals surface area (Å²) < 4.78 is 13.2. The minimum Gasteiger partial charge on any atom is -0.481 e. The van der Waals surface area contributed by atoms with Crippen molar-refractivity contribution in [1.29, 1.82) is 0 Å². The predicted octanol–water partition coefficient (Wildman–Crippen LogP) is 2.90. The Kier molecular flexibility index (Phi) is 6.29. The monoisotopic (exact) mass is 338 g/mol. The third kappa shape index (κ3) is 5.53. The minimum atomic E-state index is -0.810. The Morgan fingerprint density at radius 1 is 1.38 bits per heavy atom. The number of nitrogens with zero attached hydrogens (tertiary/aromatic N) is 1. The number of carboxylic acids is 1. The zero-order chi connectivity index (χ0) is 17.7. The van der Waals surface area contributed by atoms with Crippen LogP contribution in [0.2, 0.25) is 0 Å². The average molecular weight is 338 g/mol. The van der Waals surface area contributed by atoms with Crippen molar-refractivity contribution in [3.05, 3.63) is 29.8 Å². The van der Waals surface area contributed by atoms with Gasteiger partial charge in [-0.05, 0) is 57.9 Å². The Morgan fingerprint density at radius 3 is 2.62 bits per heavy atom. The molecule has 6 heteroatoms. The molecule has 1 aromatic rings. The number of hydrogen-bond donors (Lipinski definition) is 3. The van der Waals surface area contributed by atoms with Crippen molar-refractivity contribution >= 4 is 5.97 Å². The van der Waals surface area contributed by atoms with Crippen molar-refractivity contribution in [2.45, 2.75) is 57.6 Å². The third-order valence-electron chi connectivity index (χ3n) is 4.88. The lowest BCUT2D eigenvalue weighted by Crippen LogP contribution is -2.43. The van der Waals surface area contributed by atoms with Crippen molar-refractivity contribution < 1.29 is 19.4 Å². The summed E-state index contributed by atoms with van der Waals surface area (Å²) >= 11 is 0. The lowest BCUT2D eigenvalue weighted by molar-refractivity contribution is -0.143. The first-order valence-corrected chi connectivity index (χ1v) is 8.53. The van der Waals surface area contributed by atoms with Gasteiger partial charge in [0.1, 0.15) is 5.82 Å². The lowest BCUT2D eigenvalue weighted by atomic mass is 9.76. The van der Waals surface area contributed by atoms with Gasteiger partial charge in [0.15, 0.2) is 0 Å². The first-order valence-electron chi connectivity index (χ1n) is 8.53. The largest absolute Gasteiger partial charge is 0.481 e. The molecule has 1 aliphatic carbocycles. The molecule has 3 N–H and O–H groups in total. The molecule has 0 bridgehead atoms. The van der Waals surface area contributed by atoms with E-state index in [1.165, 1.54) is 12.3 Å². The van der Waals surface area contributed by atoms with Gasteiger partial charge in [-0.25, -0.2) is 4.39 Å². The maximum Gasteiger partial charge on any atom is 0.306 e. The smallest absolute Gasteiger partial charge is 0.306 e. The Hall–Kier alpha value is -1.53. The van der Waals surface area contributed by atoms with E-state index in [2.05, 4.69) is 24.1 Å². The molecule has 0 aromatic carbocycles. The van der Waals surface area contributed by atoms with E-state index in [0.29, 0.717) is 18.0 Å². The van der Waals surface area contributed by atoms with Crippen molar-refractivity contribution in [1.82, 2.24) is 10.3 Å². The zero-order valence-electron chi connectivity index (χ0n) is 14.3. The van der Waals surface area contributed by atoms with Crippen molar-refractivity contribution in [3.8, 4) is 0 Å². The van der Waals surface area contributed by atoms with Crippen LogP contribution in [0.4, 0.5) is 4.39 Å². The van der Waals surface area contributed by atoms with Crippen LogP contribution >= 0.6 is 0 Å². The first-order chi connectivity index (χ1) is 11.3. The molecule has 0 radical (unpaired) electrons. The SMILES string of the molecule is CC(C)(CC1CCC(C(=O)O)CC1)NCC(O)c1cncc(F)c1. The number of aliphatic carboxylic acids is 1. The number of β-amino-alcohol motifs (C(OH)–C–C–N with tert-alkyl or cyclic N) is 1. The van der Waals surface area contributed by atoms with Crippen LogP contribution in [0.5, 0.6) is 0 Å². The van der Waals surface area contributed by atoms with E-state index in [-0.39, 0.29) is 11.5 Å². The maximum atomic E-state index is 13.2. The zero-order valence-corrected chi connectivity index (χ0v) is 14.3. The Balaban J connectivity index is 1.80. The minimum absolute atomic E-state index is 0.178. The third-order valence-corrected chi connectivity index (χ3v) is 4.88. The summed E-state index contributed by atoms with van der Waals surface area (Å²) in [7, 11) is 0. The van der Waals surface area contributed by atoms with Crippen LogP contribution in [0, 0.1) is 17.7 Å². The fourth-order valence-electron chi connectivity index (χ4n) is 3.51. The molecule has 1 heterocycles. The molecule has 0 spiro atoms. The number of aromatic nitrogens is 1. The lowest BCUT2D eigenvalue weighted by Gasteiger charge is -2.34. The van der Waals surface area contributed by atoms with Gasteiger partial charge in [-0.2, -0.15) is 0 Å². The summed E-state index contributed by atoms with van der Waals surface area (Å²) in [5, 5.41) is 22.6. The molecule has 24 heavy (non-hydrogen) atoms. The van der Waals surface area contributed by atoms with Crippen LogP contribution in [-0.4, -0.2) is 33.3 Å². The average Bonchev–Trinajstić information content (AvgIpc) is 2.53. The van der Waals surface area contributed by atoms with Crippen LogP contribution in [0.3, 0.4) is 0 Å². The summed E-state index contributed by atoms with van der Waals surface area (Å²) in [6.07, 6.45) is 6.04. The molecule has 2 rings (SSSR count). The molecule has 5 nitrogen and oxygen atoms in total. The van der Waals surface area contributed by atoms with Crippen LogP contribution in [0.15, 0.2) is 18.5 Å². The molecule has 1 unspecified atom stereocenters. The van der Waals surface area contributed by atoms with Crippen LogP contribution in [-0.2, 0) is 4.79 Å². The predicted molar refractivity (Wildman–Crippen MR) is 88.9 cm³/mol. The van der Waals surface area contributed by atoms with E-state index in [9.17, 15) is 14.3 Å². The molecule has 0 amide bonds. The fourth-order valence-corrected chi connectivity index (χ4v) is 3.51. The van der Waals surface area contributed by atoms with Crippen molar-refractivity contribution in [2.75, 3.05) is 6.54 Å². The number of pyridine rings is 1. The number of rotatable bonds is 7. The number of carbonyl (C=O) groups is 1. The Bertz CT molecular complexity index is 557. The summed E-state index contributed by atoms with van der Waals surface area (Å²) in [6.45, 7) is 4.47. The van der Waals surface area contributed by atoms with Gasteiger partial charge in [-0.1, -0.05) is 0 Å². The molecule has 1 fully saturated rings. The molecule has 0 saturated heterocycles. The van der Waals surface area contributed by atoms with Crippen molar-refractivity contribution in [3.63, 3.8) is 0 Å². The van der Waals surface area contributed by atoms with Gasteiger partial charge in [0.25, 0.3) is 0 Å². The molecular weight excluding hydrogens is 311 g/mol. The first kappa shape index (κ1) is 18.8. The van der Waals surface area contributed by atoms with Gasteiger partial charge in [0, 0.05) is 23.8 Å². The second-order valence-corrected chi connectivity index (χ2v) is 7.48. The molecule has 1 atom stereocenters. The number of carboxylic acid groups (broad SMARTS) is 1. The summed E-state index contributed by atoms with van der Waals surface area (Å²) in [6, 6.07) is 1.29. The number of nitrogens with one attached hydrogen (secondary N) is 1. The van der Waals surface area contributed by atoms with Crippen molar-refractivity contribution in [2.24, 2.45) is 11.8 Å². The van der Waals surface area contributed by atoms with Gasteiger partial charge in [0.05, 0.1) is 18.2 Å². The summed E-state index contributed by atoms with van der Waals surface area (Å²) in [4.78, 5) is 14.8. The Labute approximate surface area is 142 Å². The highest BCUT2D eigenvalue weighted by atomic mass is 19.1. The van der Waals surface area contributed by atoms with E-state index in [0.717, 1.165) is 38.3 Å². The van der Waals surface area contributed by atoms with E-state index < -0.39 is 17.9 Å². The van der Waals surface area contributed by atoms with E-state index in [4.69, 9.17) is 5.11 Å². The molecular formula is C18H27FN2O3. The fraction of sp³-hybridized carbons (Fsp3) is 0.667. The highest BCUT2D eigenvalue weighted by Crippen LogP contribution is 2.34. The van der Waals surface area contributed by atoms with Gasteiger partial charge >= 0.3 is 5.97 Å². The summed E-state index contributed by atoms with van der Waals surface area (Å²) in [5.41, 5.74) is 0.280. The number of hydrogen-bond acceptors (Lipinski definition) is 4. The van der Waals surface area contributed by atoms with Crippen LogP contribution < -0.4 is 5.32 Å². The normalized spacial score (nSPS) is 23.0. The highest BCUT2D eigenvalue weighted by Gasteiger charge is 2.30. The van der Waals surface area contributed by atoms with Gasteiger partial charge in [-0.3, -0.25) is 9.78 Å². The van der Waals surface area contributed by atoms with E-state index >= 15 is 0 Å². The molecule has 1 saturated carbocycles. The number of halogens is 1. The Morgan fingerprint density at radius 2 is 2.04 bits per heavy atom. The number of aliphatic hydroxyl groups excluding tert-OH is 1. The second-order valence-electron chi connectivity index (χ2n) is 7.48. The second kappa shape index (κ2) is 8.03. The summed E-state index contributed by atoms with van der Waals surface area (Å²) in [5.74, 6) is -0.839. The van der Waals surface area contributed by atoms with Crippen LogP contribution in [0.25, 0.3) is 0 Å². The number of aliphatic hydroxyl groups is 1. The van der Waals surface area contributed by atoms with Crippen LogP contribution in [0.1, 0.15) is 57.6 Å². The van der Waals surface area contributed by atoms with E-state index in [1.807, 2.05) is 0 Å². The molecule has 1 aliphatic rings. The highest BCUT2D eigenvalue weighted by molar-refractivity contribution is 5.69. The molecule has 0 aliphatic heterocycles. The quantitative estimate of drug-likeness (QED) is 0.712. The van der Waals surface area contributed by atoms with Gasteiger partial charge in [0.2, 0.25) is 0 Å². The topological polar surface area (TPSA) is 82.5 Å². The molecule has 134 valence electrons. The van der Waals surface area contributed by atoms with Gasteiger partial charge < -0.3 is 15.5 Å². The standard InChI is InChI=1S/C18H27FN2O3/c1-18(2,8-12-3-5-13(6-4-12)17(23)24)21-11-16(22)14-7-15(19)10-20-9-14/h7,9-10,12-13,16,21-22H,3-6,8,11H2,1-2H3,(H,23,24). The van der Waals surface area contributed by atoms with E-state index in [1.54, 1.807) is 0 Å². The molecule has 1 aromatic heterocycles.